The number of nitrogens with one attached hydrogen (secondary N) is 1. The summed E-state index contributed by atoms with van der Waals surface area (Å²) in [5.41, 5.74) is 0.584. The van der Waals surface area contributed by atoms with Crippen molar-refractivity contribution >= 4 is 11.7 Å². The summed E-state index contributed by atoms with van der Waals surface area (Å²) >= 11 is 0. The van der Waals surface area contributed by atoms with Crippen LogP contribution in [0.4, 0.5) is 5.82 Å². The van der Waals surface area contributed by atoms with E-state index in [1.54, 1.807) is 18.3 Å². The van der Waals surface area contributed by atoms with Crippen molar-refractivity contribution in [2.75, 3.05) is 37.6 Å². The molecule has 0 bridgehead atoms. The number of rotatable bonds is 2. The average molecular weight is 285 g/mol. The lowest BCUT2D eigenvalue weighted by Crippen LogP contribution is -2.52. The highest BCUT2D eigenvalue weighted by molar-refractivity contribution is 5.85. The summed E-state index contributed by atoms with van der Waals surface area (Å²) < 4.78 is 0. The highest BCUT2D eigenvalue weighted by Crippen LogP contribution is 2.25. The van der Waals surface area contributed by atoms with Gasteiger partial charge in [0.1, 0.15) is 11.9 Å². The number of pyridine rings is 1. The van der Waals surface area contributed by atoms with Crippen LogP contribution < -0.4 is 10.2 Å². The minimum atomic E-state index is -0.135. The Labute approximate surface area is 124 Å². The predicted molar refractivity (Wildman–Crippen MR) is 78.8 cm³/mol. The Hall–Kier alpha value is -2.13. The van der Waals surface area contributed by atoms with Gasteiger partial charge in [0.25, 0.3) is 0 Å². The number of anilines is 1. The number of piperazine rings is 1. The molecule has 2 saturated heterocycles. The van der Waals surface area contributed by atoms with Crippen LogP contribution in [0, 0.1) is 11.3 Å². The van der Waals surface area contributed by atoms with Crippen molar-refractivity contribution in [3.8, 4) is 6.07 Å². The van der Waals surface area contributed by atoms with Gasteiger partial charge in [-0.25, -0.2) is 4.98 Å². The van der Waals surface area contributed by atoms with Gasteiger partial charge in [0.2, 0.25) is 5.91 Å². The second-order valence-electron chi connectivity index (χ2n) is 5.44. The maximum Gasteiger partial charge on any atom is 0.245 e. The third-order valence-electron chi connectivity index (χ3n) is 4.14. The molecule has 6 nitrogen and oxygen atoms in total. The number of nitriles is 1. The normalized spacial score (nSPS) is 22.1. The minimum Gasteiger partial charge on any atom is -0.345 e. The van der Waals surface area contributed by atoms with E-state index in [1.807, 2.05) is 9.80 Å². The maximum absolute atomic E-state index is 12.7. The zero-order valence-electron chi connectivity index (χ0n) is 12.0. The van der Waals surface area contributed by atoms with E-state index in [4.69, 9.17) is 5.26 Å². The van der Waals surface area contributed by atoms with Crippen LogP contribution in [0.25, 0.3) is 0 Å². The Kier molecular flexibility index (Phi) is 4.02. The SMILES string of the molecule is N#Cc1ccnc(N2CCCC2C(=O)N2CCNCC2)c1. The van der Waals surface area contributed by atoms with Crippen LogP contribution >= 0.6 is 0 Å². The molecule has 1 aromatic heterocycles. The molecule has 0 aliphatic carbocycles. The molecule has 1 unspecified atom stereocenters. The van der Waals surface area contributed by atoms with Crippen LogP contribution in [0.15, 0.2) is 18.3 Å². The summed E-state index contributed by atoms with van der Waals surface area (Å²) in [6, 6.07) is 5.45. The number of amides is 1. The van der Waals surface area contributed by atoms with Crippen LogP contribution in [0.5, 0.6) is 0 Å². The van der Waals surface area contributed by atoms with Crippen molar-refractivity contribution in [1.82, 2.24) is 15.2 Å². The second kappa shape index (κ2) is 6.10. The van der Waals surface area contributed by atoms with E-state index in [0.717, 1.165) is 51.4 Å². The van der Waals surface area contributed by atoms with E-state index in [-0.39, 0.29) is 11.9 Å². The molecule has 0 radical (unpaired) electrons. The minimum absolute atomic E-state index is 0.135. The summed E-state index contributed by atoms with van der Waals surface area (Å²) in [5, 5.41) is 12.3. The second-order valence-corrected chi connectivity index (χ2v) is 5.44. The monoisotopic (exact) mass is 285 g/mol. The first kappa shape index (κ1) is 13.8. The summed E-state index contributed by atoms with van der Waals surface area (Å²) in [5.74, 6) is 0.929. The molecule has 2 aliphatic heterocycles. The highest BCUT2D eigenvalue weighted by atomic mass is 16.2. The van der Waals surface area contributed by atoms with E-state index in [1.165, 1.54) is 0 Å². The van der Waals surface area contributed by atoms with Crippen LogP contribution in [-0.2, 0) is 4.79 Å². The van der Waals surface area contributed by atoms with Gasteiger partial charge in [0, 0.05) is 38.9 Å². The Morgan fingerprint density at radius 2 is 2.19 bits per heavy atom. The Bertz CT molecular complexity index is 561. The fourth-order valence-corrected chi connectivity index (χ4v) is 3.04. The number of nitrogens with zero attached hydrogens (tertiary/aromatic N) is 4. The van der Waals surface area contributed by atoms with Crippen LogP contribution in [0.1, 0.15) is 18.4 Å². The zero-order chi connectivity index (χ0) is 14.7. The molecule has 1 amide bonds. The number of aromatic nitrogens is 1. The first-order valence-electron chi connectivity index (χ1n) is 7.42. The fourth-order valence-electron chi connectivity index (χ4n) is 3.04. The molecule has 21 heavy (non-hydrogen) atoms. The molecular formula is C15H19N5O. The molecule has 0 saturated carbocycles. The molecule has 110 valence electrons. The van der Waals surface area contributed by atoms with Gasteiger partial charge in [-0.15, -0.1) is 0 Å². The van der Waals surface area contributed by atoms with Gasteiger partial charge in [-0.2, -0.15) is 5.26 Å². The van der Waals surface area contributed by atoms with Gasteiger partial charge in [-0.3, -0.25) is 4.79 Å². The van der Waals surface area contributed by atoms with Gasteiger partial charge in [0.15, 0.2) is 0 Å². The predicted octanol–water partition coefficient (Wildman–Crippen LogP) is 0.354. The zero-order valence-corrected chi connectivity index (χ0v) is 12.0. The number of carbonyl (C=O) groups excluding carboxylic acids is 1. The lowest BCUT2D eigenvalue weighted by molar-refractivity contribution is -0.133. The van der Waals surface area contributed by atoms with E-state index in [9.17, 15) is 4.79 Å². The van der Waals surface area contributed by atoms with Gasteiger partial charge in [-0.1, -0.05) is 0 Å². The van der Waals surface area contributed by atoms with E-state index in [0.29, 0.717) is 5.56 Å². The average Bonchev–Trinajstić information content (AvgIpc) is 3.04. The van der Waals surface area contributed by atoms with Crippen molar-refractivity contribution in [3.05, 3.63) is 23.9 Å². The summed E-state index contributed by atoms with van der Waals surface area (Å²) in [4.78, 5) is 21.0. The smallest absolute Gasteiger partial charge is 0.245 e. The molecular weight excluding hydrogens is 266 g/mol. The topological polar surface area (TPSA) is 72.3 Å². The molecule has 2 aliphatic rings. The van der Waals surface area contributed by atoms with Crippen molar-refractivity contribution < 1.29 is 4.79 Å². The standard InChI is InChI=1S/C15H19N5O/c16-11-12-3-4-18-14(10-12)20-7-1-2-13(20)15(21)19-8-5-17-6-9-19/h3-4,10,13,17H,1-2,5-9H2. The third-order valence-corrected chi connectivity index (χ3v) is 4.14. The summed E-state index contributed by atoms with van der Waals surface area (Å²) in [6.07, 6.45) is 3.49. The first-order chi connectivity index (χ1) is 10.3. The fraction of sp³-hybridized carbons (Fsp3) is 0.533. The number of hydrogen-bond acceptors (Lipinski definition) is 5. The lowest BCUT2D eigenvalue weighted by Gasteiger charge is -2.33. The van der Waals surface area contributed by atoms with Crippen molar-refractivity contribution in [2.45, 2.75) is 18.9 Å². The van der Waals surface area contributed by atoms with E-state index >= 15 is 0 Å². The largest absolute Gasteiger partial charge is 0.345 e. The molecule has 3 rings (SSSR count). The summed E-state index contributed by atoms with van der Waals surface area (Å²) in [6.45, 7) is 4.09. The first-order valence-corrected chi connectivity index (χ1v) is 7.42. The number of carbonyl (C=O) groups is 1. The Balaban J connectivity index is 1.78. The molecule has 1 atom stereocenters. The highest BCUT2D eigenvalue weighted by Gasteiger charge is 2.34. The van der Waals surface area contributed by atoms with Crippen LogP contribution in [0.3, 0.4) is 0 Å². The third kappa shape index (κ3) is 2.83. The van der Waals surface area contributed by atoms with Gasteiger partial charge in [0.05, 0.1) is 11.6 Å². The molecule has 0 spiro atoms. The molecule has 1 aromatic rings. The van der Waals surface area contributed by atoms with Crippen molar-refractivity contribution in [2.24, 2.45) is 0 Å². The lowest BCUT2D eigenvalue weighted by atomic mass is 10.1. The molecule has 2 fully saturated rings. The van der Waals surface area contributed by atoms with Crippen molar-refractivity contribution in [3.63, 3.8) is 0 Å². The van der Waals surface area contributed by atoms with Gasteiger partial charge in [-0.05, 0) is 25.0 Å². The van der Waals surface area contributed by atoms with Gasteiger partial charge >= 0.3 is 0 Å². The molecule has 0 aromatic carbocycles. The Morgan fingerprint density at radius 1 is 1.38 bits per heavy atom. The van der Waals surface area contributed by atoms with Gasteiger partial charge < -0.3 is 15.1 Å². The van der Waals surface area contributed by atoms with E-state index < -0.39 is 0 Å². The van der Waals surface area contributed by atoms with Crippen LogP contribution in [-0.4, -0.2) is 54.6 Å². The van der Waals surface area contributed by atoms with Crippen molar-refractivity contribution in [1.29, 1.82) is 5.26 Å². The molecule has 6 heteroatoms. The Morgan fingerprint density at radius 3 is 2.95 bits per heavy atom. The number of hydrogen-bond donors (Lipinski definition) is 1. The quantitative estimate of drug-likeness (QED) is 0.849. The van der Waals surface area contributed by atoms with Crippen LogP contribution in [0.2, 0.25) is 0 Å². The van der Waals surface area contributed by atoms with E-state index in [2.05, 4.69) is 16.4 Å². The molecule has 3 heterocycles. The summed E-state index contributed by atoms with van der Waals surface area (Å²) in [7, 11) is 0. The maximum atomic E-state index is 12.7. The molecule has 1 N–H and O–H groups in total.